The van der Waals surface area contributed by atoms with Crippen LogP contribution in [0.4, 0.5) is 0 Å². The first kappa shape index (κ1) is 17.0. The maximum atomic E-state index is 12.9. The summed E-state index contributed by atoms with van der Waals surface area (Å²) in [6, 6.07) is 0.341. The average molecular weight is 359 g/mol. The molecule has 1 aromatic rings. The van der Waals surface area contributed by atoms with Gasteiger partial charge in [-0.25, -0.2) is 4.98 Å². The second-order valence-electron chi connectivity index (χ2n) is 7.48. The number of amides is 1. The molecule has 2 saturated heterocycles. The molecule has 2 N–H and O–H groups in total. The highest BCUT2D eigenvalue weighted by atomic mass is 32.1. The standard InChI is InChI=1S/C19H26N4OS/c24-18(2-1-15-3-7-20-8-4-15)23(14-17-22-11-12-25-17)16-13-19(16)5-9-21-10-6-19/h11-12,15-16,20-21H,3-10,13-14H2. The number of hydrogen-bond acceptors (Lipinski definition) is 5. The molecule has 4 rings (SSSR count). The lowest BCUT2D eigenvalue weighted by atomic mass is 9.93. The van der Waals surface area contributed by atoms with E-state index in [1.807, 2.05) is 16.5 Å². The number of piperidine rings is 2. The zero-order chi connectivity index (χ0) is 17.1. The summed E-state index contributed by atoms with van der Waals surface area (Å²) in [5.74, 6) is 6.58. The molecule has 134 valence electrons. The minimum absolute atomic E-state index is 0.00543. The summed E-state index contributed by atoms with van der Waals surface area (Å²) >= 11 is 1.62. The van der Waals surface area contributed by atoms with Gasteiger partial charge in [0.05, 0.1) is 6.54 Å². The molecule has 3 fully saturated rings. The minimum atomic E-state index is -0.00543. The summed E-state index contributed by atoms with van der Waals surface area (Å²) in [5, 5.41) is 9.77. The molecule has 0 aromatic carbocycles. The number of thiazole rings is 1. The highest BCUT2D eigenvalue weighted by Crippen LogP contribution is 2.56. The largest absolute Gasteiger partial charge is 0.322 e. The van der Waals surface area contributed by atoms with E-state index in [0.29, 0.717) is 23.9 Å². The van der Waals surface area contributed by atoms with Crippen LogP contribution in [0, 0.1) is 23.2 Å². The van der Waals surface area contributed by atoms with Crippen LogP contribution < -0.4 is 10.6 Å². The predicted octanol–water partition coefficient (Wildman–Crippen LogP) is 1.62. The Morgan fingerprint density at radius 1 is 1.28 bits per heavy atom. The van der Waals surface area contributed by atoms with E-state index in [-0.39, 0.29) is 5.91 Å². The highest BCUT2D eigenvalue weighted by Gasteiger charge is 2.57. The molecule has 1 aliphatic carbocycles. The molecule has 2 aliphatic heterocycles. The number of hydrogen-bond donors (Lipinski definition) is 2. The van der Waals surface area contributed by atoms with E-state index in [4.69, 9.17) is 0 Å². The van der Waals surface area contributed by atoms with Crippen molar-refractivity contribution in [2.45, 2.75) is 44.7 Å². The van der Waals surface area contributed by atoms with Gasteiger partial charge >= 0.3 is 0 Å². The third-order valence-electron chi connectivity index (χ3n) is 5.89. The van der Waals surface area contributed by atoms with Crippen LogP contribution in [0.15, 0.2) is 11.6 Å². The van der Waals surface area contributed by atoms with Crippen molar-refractivity contribution < 1.29 is 4.79 Å². The molecule has 1 amide bonds. The van der Waals surface area contributed by atoms with Gasteiger partial charge in [-0.05, 0) is 69.6 Å². The third kappa shape index (κ3) is 3.89. The quantitative estimate of drug-likeness (QED) is 0.806. The summed E-state index contributed by atoms with van der Waals surface area (Å²) in [5.41, 5.74) is 0.328. The maximum absolute atomic E-state index is 12.9. The van der Waals surface area contributed by atoms with Gasteiger partial charge in [-0.2, -0.15) is 0 Å². The first-order valence-electron chi connectivity index (χ1n) is 9.39. The molecule has 3 aliphatic rings. The van der Waals surface area contributed by atoms with E-state index >= 15 is 0 Å². The molecular formula is C19H26N4OS. The molecule has 25 heavy (non-hydrogen) atoms. The van der Waals surface area contributed by atoms with Crippen molar-refractivity contribution in [1.29, 1.82) is 0 Å². The summed E-state index contributed by atoms with van der Waals surface area (Å²) in [6.07, 6.45) is 7.37. The lowest BCUT2D eigenvalue weighted by Gasteiger charge is -2.28. The zero-order valence-electron chi connectivity index (χ0n) is 14.6. The first-order chi connectivity index (χ1) is 12.3. The van der Waals surface area contributed by atoms with Crippen LogP contribution in [0.1, 0.15) is 37.1 Å². The average Bonchev–Trinajstić information content (AvgIpc) is 3.08. The summed E-state index contributed by atoms with van der Waals surface area (Å²) in [4.78, 5) is 19.3. The van der Waals surface area contributed by atoms with Crippen molar-refractivity contribution in [3.8, 4) is 11.8 Å². The molecule has 1 saturated carbocycles. The highest BCUT2D eigenvalue weighted by molar-refractivity contribution is 7.09. The maximum Gasteiger partial charge on any atom is 0.299 e. The molecule has 1 spiro atoms. The van der Waals surface area contributed by atoms with E-state index in [1.54, 1.807) is 11.3 Å². The molecule has 0 radical (unpaired) electrons. The van der Waals surface area contributed by atoms with Crippen LogP contribution >= 0.6 is 11.3 Å². The van der Waals surface area contributed by atoms with Crippen molar-refractivity contribution in [1.82, 2.24) is 20.5 Å². The van der Waals surface area contributed by atoms with Gasteiger partial charge in [0.1, 0.15) is 5.01 Å². The molecule has 1 atom stereocenters. The first-order valence-corrected chi connectivity index (χ1v) is 10.3. The number of nitrogens with one attached hydrogen (secondary N) is 2. The zero-order valence-corrected chi connectivity index (χ0v) is 15.4. The van der Waals surface area contributed by atoms with Gasteiger partial charge in [-0.1, -0.05) is 5.92 Å². The minimum Gasteiger partial charge on any atom is -0.322 e. The molecule has 6 heteroatoms. The van der Waals surface area contributed by atoms with Crippen LogP contribution in [0.25, 0.3) is 0 Å². The Morgan fingerprint density at radius 2 is 2.04 bits per heavy atom. The number of carbonyl (C=O) groups excluding carboxylic acids is 1. The van der Waals surface area contributed by atoms with Gasteiger partial charge in [0.15, 0.2) is 0 Å². The monoisotopic (exact) mass is 358 g/mol. The molecular weight excluding hydrogens is 332 g/mol. The van der Waals surface area contributed by atoms with Crippen molar-refractivity contribution in [3.05, 3.63) is 16.6 Å². The Morgan fingerprint density at radius 3 is 2.76 bits per heavy atom. The van der Waals surface area contributed by atoms with Gasteiger partial charge in [0, 0.05) is 23.5 Å². The smallest absolute Gasteiger partial charge is 0.299 e. The Hall–Kier alpha value is -1.42. The summed E-state index contributed by atoms with van der Waals surface area (Å²) in [6.45, 7) is 4.76. The fraction of sp³-hybridized carbons (Fsp3) is 0.684. The molecule has 1 unspecified atom stereocenters. The van der Waals surface area contributed by atoms with Crippen LogP contribution in [0.5, 0.6) is 0 Å². The van der Waals surface area contributed by atoms with Gasteiger partial charge < -0.3 is 15.5 Å². The van der Waals surface area contributed by atoms with Crippen molar-refractivity contribution in [2.24, 2.45) is 11.3 Å². The SMILES string of the molecule is O=C(C#CC1CCNCC1)N(Cc1nccs1)C1CC12CCNCC2. The molecule has 3 heterocycles. The Kier molecular flexibility index (Phi) is 5.07. The van der Waals surface area contributed by atoms with E-state index in [2.05, 4.69) is 27.5 Å². The second-order valence-corrected chi connectivity index (χ2v) is 8.46. The molecule has 1 aromatic heterocycles. The Labute approximate surface area is 153 Å². The van der Waals surface area contributed by atoms with E-state index in [0.717, 1.165) is 50.4 Å². The van der Waals surface area contributed by atoms with Crippen molar-refractivity contribution in [3.63, 3.8) is 0 Å². The van der Waals surface area contributed by atoms with Crippen molar-refractivity contribution >= 4 is 17.2 Å². The topological polar surface area (TPSA) is 57.3 Å². The van der Waals surface area contributed by atoms with E-state index in [1.165, 1.54) is 12.8 Å². The van der Waals surface area contributed by atoms with E-state index in [9.17, 15) is 4.79 Å². The lowest BCUT2D eigenvalue weighted by molar-refractivity contribution is -0.127. The normalized spacial score (nSPS) is 25.2. The predicted molar refractivity (Wildman–Crippen MR) is 99.0 cm³/mol. The Balaban J connectivity index is 1.47. The van der Waals surface area contributed by atoms with Gasteiger partial charge in [-0.15, -0.1) is 11.3 Å². The van der Waals surface area contributed by atoms with Gasteiger partial charge in [0.2, 0.25) is 0 Å². The number of nitrogens with zero attached hydrogens (tertiary/aromatic N) is 2. The lowest BCUT2D eigenvalue weighted by Crippen LogP contribution is -2.38. The van der Waals surface area contributed by atoms with Crippen LogP contribution in [-0.4, -0.2) is 48.0 Å². The second kappa shape index (κ2) is 7.45. The van der Waals surface area contributed by atoms with Crippen LogP contribution in [0.2, 0.25) is 0 Å². The van der Waals surface area contributed by atoms with E-state index < -0.39 is 0 Å². The van der Waals surface area contributed by atoms with Gasteiger partial charge in [0.25, 0.3) is 5.91 Å². The molecule has 0 bridgehead atoms. The summed E-state index contributed by atoms with van der Waals surface area (Å²) in [7, 11) is 0. The number of rotatable bonds is 3. The fourth-order valence-corrected chi connectivity index (χ4v) is 4.85. The molecule has 5 nitrogen and oxygen atoms in total. The fourth-order valence-electron chi connectivity index (χ4n) is 4.23. The number of aromatic nitrogens is 1. The third-order valence-corrected chi connectivity index (χ3v) is 6.66. The van der Waals surface area contributed by atoms with Crippen LogP contribution in [-0.2, 0) is 11.3 Å². The summed E-state index contributed by atoms with van der Waals surface area (Å²) < 4.78 is 0. The van der Waals surface area contributed by atoms with Gasteiger partial charge in [-0.3, -0.25) is 4.79 Å². The number of carbonyl (C=O) groups is 1. The Bertz CT molecular complexity index is 651. The van der Waals surface area contributed by atoms with Crippen molar-refractivity contribution in [2.75, 3.05) is 26.2 Å². The van der Waals surface area contributed by atoms with Crippen LogP contribution in [0.3, 0.4) is 0 Å².